The molecule has 0 N–H and O–H groups in total. The van der Waals surface area contributed by atoms with E-state index < -0.39 is 0 Å². The third-order valence-electron chi connectivity index (χ3n) is 3.63. The van der Waals surface area contributed by atoms with E-state index in [0.29, 0.717) is 16.8 Å². The molecule has 2 unspecified atom stereocenters. The zero-order valence-corrected chi connectivity index (χ0v) is 11.9. The van der Waals surface area contributed by atoms with Gasteiger partial charge in [0.1, 0.15) is 0 Å². The second kappa shape index (κ2) is 5.51. The van der Waals surface area contributed by atoms with Crippen molar-refractivity contribution in [2.75, 3.05) is 19.6 Å². The van der Waals surface area contributed by atoms with Crippen LogP contribution >= 0.6 is 22.9 Å². The number of piperidine rings is 1. The fourth-order valence-corrected chi connectivity index (χ4v) is 3.21. The van der Waals surface area contributed by atoms with Gasteiger partial charge in [0.05, 0.1) is 15.8 Å². The summed E-state index contributed by atoms with van der Waals surface area (Å²) in [5.41, 5.74) is 0. The van der Waals surface area contributed by atoms with Crippen molar-refractivity contribution >= 4 is 28.7 Å². The number of nitrogens with zero attached hydrogens (tertiary/aromatic N) is 1. The molecular formula is C13H18ClNOS. The molecule has 0 aliphatic carbocycles. The Labute approximate surface area is 112 Å². The van der Waals surface area contributed by atoms with E-state index in [0.717, 1.165) is 23.9 Å². The van der Waals surface area contributed by atoms with Gasteiger partial charge in [-0.1, -0.05) is 25.4 Å². The first-order chi connectivity index (χ1) is 8.06. The van der Waals surface area contributed by atoms with Crippen molar-refractivity contribution < 1.29 is 4.79 Å². The van der Waals surface area contributed by atoms with Crippen LogP contribution in [0.1, 0.15) is 29.9 Å². The molecule has 0 saturated carbocycles. The number of hydrogen-bond acceptors (Lipinski definition) is 3. The first-order valence-electron chi connectivity index (χ1n) is 6.07. The standard InChI is InChI=1S/C13H18ClNOS/c1-9-5-6-15(7-10(9)2)8-11(16)12-3-4-13(14)17-12/h3-4,9-10H,5-8H2,1-2H3. The molecule has 17 heavy (non-hydrogen) atoms. The molecule has 1 aliphatic rings. The van der Waals surface area contributed by atoms with E-state index in [-0.39, 0.29) is 5.78 Å². The molecule has 0 bridgehead atoms. The van der Waals surface area contributed by atoms with Crippen molar-refractivity contribution in [1.82, 2.24) is 4.90 Å². The maximum absolute atomic E-state index is 12.0. The number of carbonyl (C=O) groups excluding carboxylic acids is 1. The minimum Gasteiger partial charge on any atom is -0.295 e. The van der Waals surface area contributed by atoms with Gasteiger partial charge in [-0.25, -0.2) is 0 Å². The quantitative estimate of drug-likeness (QED) is 0.784. The molecule has 1 aromatic rings. The van der Waals surface area contributed by atoms with Crippen molar-refractivity contribution in [1.29, 1.82) is 0 Å². The maximum atomic E-state index is 12.0. The van der Waals surface area contributed by atoms with Crippen LogP contribution in [0.5, 0.6) is 0 Å². The minimum atomic E-state index is 0.198. The predicted molar refractivity (Wildman–Crippen MR) is 73.0 cm³/mol. The van der Waals surface area contributed by atoms with Crippen molar-refractivity contribution in [3.63, 3.8) is 0 Å². The summed E-state index contributed by atoms with van der Waals surface area (Å²) in [7, 11) is 0. The molecule has 0 radical (unpaired) electrons. The third kappa shape index (κ3) is 3.30. The van der Waals surface area contributed by atoms with E-state index in [2.05, 4.69) is 18.7 Å². The summed E-state index contributed by atoms with van der Waals surface area (Å²) in [6, 6.07) is 3.62. The topological polar surface area (TPSA) is 20.3 Å². The number of Topliss-reactive ketones (excluding diaryl/α,β-unsaturated/α-hetero) is 1. The summed E-state index contributed by atoms with van der Waals surface area (Å²) >= 11 is 7.22. The van der Waals surface area contributed by atoms with Crippen LogP contribution in [-0.2, 0) is 0 Å². The Kier molecular flexibility index (Phi) is 4.23. The Morgan fingerprint density at radius 3 is 2.82 bits per heavy atom. The third-order valence-corrected chi connectivity index (χ3v) is 4.91. The van der Waals surface area contributed by atoms with Crippen molar-refractivity contribution in [3.05, 3.63) is 21.3 Å². The molecule has 2 atom stereocenters. The average Bonchev–Trinajstić information content (AvgIpc) is 2.70. The van der Waals surface area contributed by atoms with E-state index in [1.807, 2.05) is 6.07 Å². The molecule has 0 aromatic carbocycles. The van der Waals surface area contributed by atoms with Gasteiger partial charge in [-0.3, -0.25) is 9.69 Å². The molecule has 1 saturated heterocycles. The zero-order valence-electron chi connectivity index (χ0n) is 10.3. The number of hydrogen-bond donors (Lipinski definition) is 0. The smallest absolute Gasteiger partial charge is 0.186 e. The zero-order chi connectivity index (χ0) is 12.4. The Balaban J connectivity index is 1.91. The van der Waals surface area contributed by atoms with Gasteiger partial charge in [0.25, 0.3) is 0 Å². The number of ketones is 1. The van der Waals surface area contributed by atoms with Crippen LogP contribution in [0.3, 0.4) is 0 Å². The molecule has 4 heteroatoms. The normalized spacial score (nSPS) is 26.1. The number of carbonyl (C=O) groups is 1. The molecule has 0 amide bonds. The lowest BCUT2D eigenvalue weighted by atomic mass is 9.88. The van der Waals surface area contributed by atoms with Gasteiger partial charge in [0.15, 0.2) is 5.78 Å². The van der Waals surface area contributed by atoms with Gasteiger partial charge >= 0.3 is 0 Å². The van der Waals surface area contributed by atoms with Gasteiger partial charge in [-0.05, 0) is 36.9 Å². The van der Waals surface area contributed by atoms with Crippen molar-refractivity contribution in [3.8, 4) is 0 Å². The van der Waals surface area contributed by atoms with Crippen LogP contribution in [0.2, 0.25) is 4.34 Å². The Hall–Kier alpha value is -0.380. The van der Waals surface area contributed by atoms with E-state index in [1.165, 1.54) is 17.8 Å². The van der Waals surface area contributed by atoms with Crippen LogP contribution in [0.25, 0.3) is 0 Å². The molecule has 2 rings (SSSR count). The minimum absolute atomic E-state index is 0.198. The lowest BCUT2D eigenvalue weighted by Crippen LogP contribution is -2.41. The molecule has 2 heterocycles. The second-order valence-electron chi connectivity index (χ2n) is 5.01. The van der Waals surface area contributed by atoms with Crippen LogP contribution in [0.15, 0.2) is 12.1 Å². The van der Waals surface area contributed by atoms with Gasteiger partial charge < -0.3 is 0 Å². The summed E-state index contributed by atoms with van der Waals surface area (Å²) in [6.45, 7) is 7.17. The highest BCUT2D eigenvalue weighted by Crippen LogP contribution is 2.24. The summed E-state index contributed by atoms with van der Waals surface area (Å²) < 4.78 is 0.689. The molecular weight excluding hydrogens is 254 g/mol. The number of rotatable bonds is 3. The number of halogens is 1. The van der Waals surface area contributed by atoms with E-state index in [4.69, 9.17) is 11.6 Å². The summed E-state index contributed by atoms with van der Waals surface area (Å²) in [4.78, 5) is 15.1. The Bertz CT molecular complexity index is 404. The second-order valence-corrected chi connectivity index (χ2v) is 6.72. The molecule has 94 valence electrons. The predicted octanol–water partition coefficient (Wildman–Crippen LogP) is 3.56. The highest BCUT2D eigenvalue weighted by Gasteiger charge is 2.24. The van der Waals surface area contributed by atoms with Gasteiger partial charge in [-0.15, -0.1) is 11.3 Å². The summed E-state index contributed by atoms with van der Waals surface area (Å²) in [5.74, 6) is 1.66. The van der Waals surface area contributed by atoms with E-state index >= 15 is 0 Å². The molecule has 0 spiro atoms. The van der Waals surface area contributed by atoms with E-state index in [1.54, 1.807) is 6.07 Å². The number of thiophene rings is 1. The largest absolute Gasteiger partial charge is 0.295 e. The van der Waals surface area contributed by atoms with Gasteiger partial charge in [0.2, 0.25) is 0 Å². The SMILES string of the molecule is CC1CCN(CC(=O)c2ccc(Cl)s2)CC1C. The van der Waals surface area contributed by atoms with Gasteiger partial charge in [-0.2, -0.15) is 0 Å². The molecule has 1 aromatic heterocycles. The summed E-state index contributed by atoms with van der Waals surface area (Å²) in [5, 5.41) is 0. The Morgan fingerprint density at radius 1 is 1.47 bits per heavy atom. The molecule has 2 nitrogen and oxygen atoms in total. The molecule has 1 fully saturated rings. The molecule has 1 aliphatic heterocycles. The maximum Gasteiger partial charge on any atom is 0.186 e. The summed E-state index contributed by atoms with van der Waals surface area (Å²) in [6.07, 6.45) is 1.19. The van der Waals surface area contributed by atoms with E-state index in [9.17, 15) is 4.79 Å². The van der Waals surface area contributed by atoms with Crippen LogP contribution in [0, 0.1) is 11.8 Å². The Morgan fingerprint density at radius 2 is 2.24 bits per heavy atom. The monoisotopic (exact) mass is 271 g/mol. The first kappa shape index (κ1) is 13.1. The fourth-order valence-electron chi connectivity index (χ4n) is 2.24. The lowest BCUT2D eigenvalue weighted by molar-refractivity contribution is 0.0853. The number of likely N-dealkylation sites (tertiary alicyclic amines) is 1. The van der Waals surface area contributed by atoms with Crippen molar-refractivity contribution in [2.45, 2.75) is 20.3 Å². The first-order valence-corrected chi connectivity index (χ1v) is 7.26. The average molecular weight is 272 g/mol. The fraction of sp³-hybridized carbons (Fsp3) is 0.615. The highest BCUT2D eigenvalue weighted by atomic mass is 35.5. The van der Waals surface area contributed by atoms with Crippen LogP contribution in [-0.4, -0.2) is 30.3 Å². The van der Waals surface area contributed by atoms with Crippen LogP contribution < -0.4 is 0 Å². The van der Waals surface area contributed by atoms with Crippen molar-refractivity contribution in [2.24, 2.45) is 11.8 Å². The van der Waals surface area contributed by atoms with Crippen LogP contribution in [0.4, 0.5) is 0 Å². The van der Waals surface area contributed by atoms with Gasteiger partial charge in [0, 0.05) is 6.54 Å². The lowest BCUT2D eigenvalue weighted by Gasteiger charge is -2.34. The highest BCUT2D eigenvalue weighted by molar-refractivity contribution is 7.18.